The van der Waals surface area contributed by atoms with Crippen LogP contribution in [0.15, 0.2) is 24.3 Å². The summed E-state index contributed by atoms with van der Waals surface area (Å²) in [5.41, 5.74) is -0.406. The molecule has 1 N–H and O–H groups in total. The number of benzene rings is 1. The molecule has 0 heterocycles. The van der Waals surface area contributed by atoms with E-state index >= 15 is 0 Å². The van der Waals surface area contributed by atoms with Gasteiger partial charge < -0.3 is 4.18 Å². The van der Waals surface area contributed by atoms with Crippen LogP contribution in [0.3, 0.4) is 0 Å². The molecule has 0 aliphatic rings. The molecule has 8 heteroatoms. The van der Waals surface area contributed by atoms with Gasteiger partial charge in [-0.3, -0.25) is 10.1 Å². The summed E-state index contributed by atoms with van der Waals surface area (Å²) in [6, 6.07) is 5.21. The van der Waals surface area contributed by atoms with Gasteiger partial charge in [-0.1, -0.05) is 12.1 Å². The maximum atomic E-state index is 11.0. The van der Waals surface area contributed by atoms with Crippen molar-refractivity contribution in [3.05, 3.63) is 34.4 Å². The molecule has 0 atom stereocenters. The highest BCUT2D eigenvalue weighted by atomic mass is 32.2. The molecule has 0 saturated carbocycles. The lowest BCUT2D eigenvalue weighted by molar-refractivity contribution is -0.385. The maximum Gasteiger partial charge on any atom is 0.382 e. The predicted molar refractivity (Wildman–Crippen MR) is 51.7 cm³/mol. The molecule has 0 radical (unpaired) electrons. The molecule has 0 fully saturated rings. The average Bonchev–Trinajstić information content (AvgIpc) is 2.18. The topological polar surface area (TPSA) is 98.5 Å². The van der Waals surface area contributed by atoms with Gasteiger partial charge in [0.25, 0.3) is 0 Å². The highest BCUT2D eigenvalue weighted by molar-refractivity contribution is 7.85. The zero-order valence-corrected chi connectivity index (χ0v) is 8.52. The number of hydrogen-bond acceptors (Lipinski definition) is 5. The lowest BCUT2D eigenvalue weighted by Crippen LogP contribution is -2.24. The summed E-state index contributed by atoms with van der Waals surface area (Å²) in [5, 5.41) is 10.5. The second kappa shape index (κ2) is 4.24. The Morgan fingerprint density at radius 2 is 2.00 bits per heavy atom. The van der Waals surface area contributed by atoms with Gasteiger partial charge in [0.15, 0.2) is 0 Å². The second-order valence-corrected chi connectivity index (χ2v) is 3.95. The summed E-state index contributed by atoms with van der Waals surface area (Å²) >= 11 is 0. The Balaban J connectivity index is 3.10. The summed E-state index contributed by atoms with van der Waals surface area (Å²) in [6.45, 7) is 0. The molecule has 82 valence electrons. The van der Waals surface area contributed by atoms with Gasteiger partial charge in [-0.05, 0) is 6.07 Å². The van der Waals surface area contributed by atoms with E-state index in [9.17, 15) is 18.5 Å². The van der Waals surface area contributed by atoms with E-state index in [1.165, 1.54) is 18.2 Å². The molecule has 0 amide bonds. The number of nitrogens with one attached hydrogen (secondary N) is 1. The fraction of sp³-hybridized carbons (Fsp3) is 0.143. The van der Waals surface area contributed by atoms with Crippen LogP contribution < -0.4 is 8.91 Å². The molecule has 0 bridgehead atoms. The third-order valence-corrected chi connectivity index (χ3v) is 2.41. The summed E-state index contributed by atoms with van der Waals surface area (Å²) in [6.07, 6.45) is 0. The molecule has 0 aliphatic carbocycles. The van der Waals surface area contributed by atoms with E-state index in [0.29, 0.717) is 0 Å². The van der Waals surface area contributed by atoms with Gasteiger partial charge in [0, 0.05) is 13.1 Å². The van der Waals surface area contributed by atoms with Crippen molar-refractivity contribution in [3.8, 4) is 5.75 Å². The van der Waals surface area contributed by atoms with Gasteiger partial charge in [0.1, 0.15) is 0 Å². The Morgan fingerprint density at radius 1 is 1.40 bits per heavy atom. The molecule has 0 aliphatic heterocycles. The monoisotopic (exact) mass is 232 g/mol. The fourth-order valence-electron chi connectivity index (χ4n) is 0.838. The standard InChI is InChI=1S/C7H8N2O5S/c1-8-15(12,13)14-7-5-3-2-4-6(7)9(10)11/h2-5,8H,1H3. The van der Waals surface area contributed by atoms with Crippen molar-refractivity contribution in [2.45, 2.75) is 0 Å². The maximum absolute atomic E-state index is 11.0. The first-order chi connectivity index (χ1) is 6.96. The van der Waals surface area contributed by atoms with Crippen LogP contribution >= 0.6 is 0 Å². The number of nitro groups is 1. The molecular weight excluding hydrogens is 224 g/mol. The molecule has 0 unspecified atom stereocenters. The first-order valence-electron chi connectivity index (χ1n) is 3.82. The van der Waals surface area contributed by atoms with E-state index in [4.69, 9.17) is 0 Å². The lowest BCUT2D eigenvalue weighted by Gasteiger charge is -2.04. The number of rotatable bonds is 4. The summed E-state index contributed by atoms with van der Waals surface area (Å²) in [5.74, 6) is -0.322. The molecular formula is C7H8N2O5S. The van der Waals surface area contributed by atoms with Gasteiger partial charge in [-0.25, -0.2) is 0 Å². The Bertz CT molecular complexity index is 470. The van der Waals surface area contributed by atoms with Crippen LogP contribution in [0, 0.1) is 10.1 Å². The summed E-state index contributed by atoms with van der Waals surface area (Å²) in [7, 11) is -2.84. The molecule has 1 rings (SSSR count). The minimum absolute atomic E-state index is 0.322. The van der Waals surface area contributed by atoms with E-state index in [1.807, 2.05) is 4.72 Å². The van der Waals surface area contributed by atoms with Gasteiger partial charge in [0.05, 0.1) is 4.92 Å². The summed E-state index contributed by atoms with van der Waals surface area (Å²) in [4.78, 5) is 9.78. The number of hydrogen-bond donors (Lipinski definition) is 1. The zero-order valence-electron chi connectivity index (χ0n) is 7.71. The van der Waals surface area contributed by atoms with E-state index in [0.717, 1.165) is 13.1 Å². The van der Waals surface area contributed by atoms with Crippen LogP contribution in [0.25, 0.3) is 0 Å². The average molecular weight is 232 g/mol. The quantitative estimate of drug-likeness (QED) is 0.599. The number of nitro benzene ring substituents is 1. The molecule has 7 nitrogen and oxygen atoms in total. The van der Waals surface area contributed by atoms with Crippen LogP contribution in [-0.2, 0) is 10.3 Å². The highest BCUT2D eigenvalue weighted by Crippen LogP contribution is 2.26. The summed E-state index contributed by atoms with van der Waals surface area (Å²) < 4.78 is 28.3. The molecule has 15 heavy (non-hydrogen) atoms. The largest absolute Gasteiger partial charge is 0.382 e. The van der Waals surface area contributed by atoms with E-state index in [-0.39, 0.29) is 5.75 Å². The minimum atomic E-state index is -3.98. The Morgan fingerprint density at radius 3 is 2.53 bits per heavy atom. The van der Waals surface area contributed by atoms with Gasteiger partial charge in [-0.15, -0.1) is 0 Å². The molecule has 0 saturated heterocycles. The number of para-hydroxylation sites is 2. The van der Waals surface area contributed by atoms with Crippen LogP contribution in [0.4, 0.5) is 5.69 Å². The predicted octanol–water partition coefficient (Wildman–Crippen LogP) is 0.438. The molecule has 0 spiro atoms. The molecule has 0 aromatic heterocycles. The van der Waals surface area contributed by atoms with Crippen molar-refractivity contribution in [3.63, 3.8) is 0 Å². The first-order valence-corrected chi connectivity index (χ1v) is 5.23. The Labute approximate surface area is 86.1 Å². The van der Waals surface area contributed by atoms with Crippen molar-refractivity contribution in [1.82, 2.24) is 4.72 Å². The molecule has 1 aromatic rings. The lowest BCUT2D eigenvalue weighted by atomic mass is 10.3. The SMILES string of the molecule is CNS(=O)(=O)Oc1ccccc1[N+](=O)[O-]. The smallest absolute Gasteiger partial charge is 0.364 e. The van der Waals surface area contributed by atoms with Crippen molar-refractivity contribution < 1.29 is 17.5 Å². The van der Waals surface area contributed by atoms with Crippen LogP contribution in [-0.4, -0.2) is 20.4 Å². The third kappa shape index (κ3) is 2.89. The van der Waals surface area contributed by atoms with Gasteiger partial charge >= 0.3 is 16.0 Å². The normalized spacial score (nSPS) is 11.0. The van der Waals surface area contributed by atoms with Crippen LogP contribution in [0.5, 0.6) is 5.75 Å². The minimum Gasteiger partial charge on any atom is -0.364 e. The highest BCUT2D eigenvalue weighted by Gasteiger charge is 2.19. The van der Waals surface area contributed by atoms with Gasteiger partial charge in [0.2, 0.25) is 5.75 Å². The fourth-order valence-corrected chi connectivity index (χ4v) is 1.30. The first kappa shape index (κ1) is 11.4. The van der Waals surface area contributed by atoms with E-state index < -0.39 is 20.9 Å². The number of nitrogens with zero attached hydrogens (tertiary/aromatic N) is 1. The van der Waals surface area contributed by atoms with Crippen molar-refractivity contribution in [2.75, 3.05) is 7.05 Å². The van der Waals surface area contributed by atoms with Gasteiger partial charge in [-0.2, -0.15) is 13.1 Å². The Kier molecular flexibility index (Phi) is 3.22. The molecule has 1 aromatic carbocycles. The third-order valence-electron chi connectivity index (χ3n) is 1.51. The Hall–Kier alpha value is -1.67. The zero-order chi connectivity index (χ0) is 11.5. The van der Waals surface area contributed by atoms with Crippen molar-refractivity contribution in [1.29, 1.82) is 0 Å². The van der Waals surface area contributed by atoms with Crippen molar-refractivity contribution in [2.24, 2.45) is 0 Å². The van der Waals surface area contributed by atoms with Crippen LogP contribution in [0.2, 0.25) is 0 Å². The second-order valence-electron chi connectivity index (χ2n) is 2.47. The van der Waals surface area contributed by atoms with Crippen molar-refractivity contribution >= 4 is 16.0 Å². The van der Waals surface area contributed by atoms with E-state index in [1.54, 1.807) is 0 Å². The van der Waals surface area contributed by atoms with E-state index in [2.05, 4.69) is 4.18 Å². The van der Waals surface area contributed by atoms with Crippen LogP contribution in [0.1, 0.15) is 0 Å².